The van der Waals surface area contributed by atoms with Gasteiger partial charge in [0, 0.05) is 12.2 Å². The zero-order chi connectivity index (χ0) is 14.5. The molecule has 2 aromatic rings. The van der Waals surface area contributed by atoms with Crippen molar-refractivity contribution in [2.24, 2.45) is 5.92 Å². The second kappa shape index (κ2) is 6.60. The Labute approximate surface area is 120 Å². The summed E-state index contributed by atoms with van der Waals surface area (Å²) in [6, 6.07) is 9.98. The molecule has 108 valence electrons. The minimum atomic E-state index is 0.107. The number of hydrogen-bond acceptors (Lipinski definition) is 1. The van der Waals surface area contributed by atoms with E-state index in [1.54, 1.807) is 4.68 Å². The maximum absolute atomic E-state index is 12.6. The Morgan fingerprint density at radius 2 is 1.90 bits per heavy atom. The van der Waals surface area contributed by atoms with Crippen LogP contribution in [0.25, 0.3) is 11.1 Å². The van der Waals surface area contributed by atoms with Crippen LogP contribution in [-0.4, -0.2) is 9.78 Å². The van der Waals surface area contributed by atoms with Gasteiger partial charge < -0.3 is 0 Å². The van der Waals surface area contributed by atoms with Crippen LogP contribution in [0.5, 0.6) is 0 Å². The summed E-state index contributed by atoms with van der Waals surface area (Å²) in [5.74, 6) is 0.453. The third-order valence-corrected chi connectivity index (χ3v) is 3.42. The number of aromatic amines is 1. The molecule has 1 aromatic heterocycles. The molecule has 0 spiro atoms. The first-order valence-corrected chi connectivity index (χ1v) is 7.50. The molecule has 2 rings (SSSR count). The highest BCUT2D eigenvalue weighted by atomic mass is 16.1. The monoisotopic (exact) mass is 272 g/mol. The van der Waals surface area contributed by atoms with Gasteiger partial charge in [0.15, 0.2) is 0 Å². The van der Waals surface area contributed by atoms with Crippen molar-refractivity contribution in [3.05, 3.63) is 46.4 Å². The third kappa shape index (κ3) is 3.21. The fraction of sp³-hybridized carbons (Fsp3) is 0.471. The zero-order valence-electron chi connectivity index (χ0n) is 12.6. The van der Waals surface area contributed by atoms with Crippen molar-refractivity contribution in [1.82, 2.24) is 9.78 Å². The molecule has 0 unspecified atom stereocenters. The van der Waals surface area contributed by atoms with E-state index in [4.69, 9.17) is 0 Å². The van der Waals surface area contributed by atoms with Gasteiger partial charge in [-0.05, 0) is 24.3 Å². The van der Waals surface area contributed by atoms with Gasteiger partial charge >= 0.3 is 0 Å². The van der Waals surface area contributed by atoms with Crippen molar-refractivity contribution < 1.29 is 0 Å². The summed E-state index contributed by atoms with van der Waals surface area (Å²) >= 11 is 0. The van der Waals surface area contributed by atoms with Crippen LogP contribution < -0.4 is 5.56 Å². The lowest BCUT2D eigenvalue weighted by Crippen LogP contribution is -2.20. The van der Waals surface area contributed by atoms with Gasteiger partial charge in [0.1, 0.15) is 0 Å². The Bertz CT molecular complexity index is 593. The van der Waals surface area contributed by atoms with Crippen molar-refractivity contribution >= 4 is 0 Å². The summed E-state index contributed by atoms with van der Waals surface area (Å²) in [7, 11) is 0. The SMILES string of the molecule is CCCCc1[nH]n(CC(C)C)c(=O)c1-c1ccccc1. The molecule has 0 atom stereocenters. The normalized spacial score (nSPS) is 11.2. The Balaban J connectivity index is 2.46. The molecule has 3 nitrogen and oxygen atoms in total. The first kappa shape index (κ1) is 14.6. The maximum atomic E-state index is 12.6. The first-order chi connectivity index (χ1) is 9.63. The van der Waals surface area contributed by atoms with Gasteiger partial charge in [-0.2, -0.15) is 0 Å². The van der Waals surface area contributed by atoms with Gasteiger partial charge in [0.05, 0.1) is 5.56 Å². The number of aryl methyl sites for hydroxylation is 1. The standard InChI is InChI=1S/C17H24N2O/c1-4-5-11-15-16(14-9-7-6-8-10-14)17(20)19(18-15)12-13(2)3/h6-10,13,18H,4-5,11-12H2,1-3H3. The molecule has 1 N–H and O–H groups in total. The highest BCUT2D eigenvalue weighted by molar-refractivity contribution is 5.65. The summed E-state index contributed by atoms with van der Waals surface area (Å²) in [5, 5.41) is 3.32. The summed E-state index contributed by atoms with van der Waals surface area (Å²) in [4.78, 5) is 12.6. The highest BCUT2D eigenvalue weighted by Crippen LogP contribution is 2.20. The average molecular weight is 272 g/mol. The molecule has 0 fully saturated rings. The van der Waals surface area contributed by atoms with Crippen LogP contribution in [0.1, 0.15) is 39.3 Å². The summed E-state index contributed by atoms with van der Waals surface area (Å²) in [6.45, 7) is 7.17. The Hall–Kier alpha value is -1.77. The molecule has 0 aliphatic rings. The number of hydrogen-bond donors (Lipinski definition) is 1. The Morgan fingerprint density at radius 1 is 1.20 bits per heavy atom. The van der Waals surface area contributed by atoms with Gasteiger partial charge in [-0.15, -0.1) is 0 Å². The van der Waals surface area contributed by atoms with Gasteiger partial charge in [-0.25, -0.2) is 0 Å². The van der Waals surface area contributed by atoms with Crippen LogP contribution in [0.2, 0.25) is 0 Å². The number of nitrogens with one attached hydrogen (secondary N) is 1. The van der Waals surface area contributed by atoms with Crippen LogP contribution in [0.15, 0.2) is 35.1 Å². The minimum Gasteiger partial charge on any atom is -0.299 e. The van der Waals surface area contributed by atoms with E-state index in [1.165, 1.54) is 0 Å². The lowest BCUT2D eigenvalue weighted by Gasteiger charge is -2.04. The number of nitrogens with zero attached hydrogens (tertiary/aromatic N) is 1. The molecule has 1 heterocycles. The van der Waals surface area contributed by atoms with Crippen LogP contribution in [-0.2, 0) is 13.0 Å². The number of unbranched alkanes of at least 4 members (excludes halogenated alkanes) is 1. The first-order valence-electron chi connectivity index (χ1n) is 7.50. The van der Waals surface area contributed by atoms with E-state index in [1.807, 2.05) is 30.3 Å². The van der Waals surface area contributed by atoms with Gasteiger partial charge in [0.25, 0.3) is 5.56 Å². The molecule has 0 aliphatic heterocycles. The van der Waals surface area contributed by atoms with Crippen LogP contribution >= 0.6 is 0 Å². The van der Waals surface area contributed by atoms with Crippen molar-refractivity contribution in [1.29, 1.82) is 0 Å². The molecule has 0 bridgehead atoms. The quantitative estimate of drug-likeness (QED) is 0.852. The lowest BCUT2D eigenvalue weighted by atomic mass is 10.0. The smallest absolute Gasteiger partial charge is 0.274 e. The highest BCUT2D eigenvalue weighted by Gasteiger charge is 2.15. The number of benzene rings is 1. The van der Waals surface area contributed by atoms with Crippen LogP contribution in [0.4, 0.5) is 0 Å². The zero-order valence-corrected chi connectivity index (χ0v) is 12.6. The minimum absolute atomic E-state index is 0.107. The van der Waals surface area contributed by atoms with Gasteiger partial charge in [-0.1, -0.05) is 57.5 Å². The van der Waals surface area contributed by atoms with Crippen LogP contribution in [0, 0.1) is 5.92 Å². The average Bonchev–Trinajstić information content (AvgIpc) is 2.73. The van der Waals surface area contributed by atoms with E-state index in [0.29, 0.717) is 5.92 Å². The summed E-state index contributed by atoms with van der Waals surface area (Å²) in [5.41, 5.74) is 3.04. The second-order valence-corrected chi connectivity index (χ2v) is 5.74. The predicted molar refractivity (Wildman–Crippen MR) is 83.9 cm³/mol. The summed E-state index contributed by atoms with van der Waals surface area (Å²) < 4.78 is 1.76. The van der Waals surface area contributed by atoms with E-state index >= 15 is 0 Å². The number of H-pyrrole nitrogens is 1. The second-order valence-electron chi connectivity index (χ2n) is 5.74. The molecule has 0 amide bonds. The third-order valence-electron chi connectivity index (χ3n) is 3.42. The fourth-order valence-electron chi connectivity index (χ4n) is 2.46. The molecule has 0 radical (unpaired) electrons. The lowest BCUT2D eigenvalue weighted by molar-refractivity contribution is 0.469. The molecular formula is C17H24N2O. The number of aromatic nitrogens is 2. The molecule has 20 heavy (non-hydrogen) atoms. The van der Waals surface area contributed by atoms with Crippen LogP contribution in [0.3, 0.4) is 0 Å². The summed E-state index contributed by atoms with van der Waals surface area (Å²) in [6.07, 6.45) is 3.16. The Kier molecular flexibility index (Phi) is 4.83. The van der Waals surface area contributed by atoms with E-state index in [9.17, 15) is 4.79 Å². The van der Waals surface area contributed by atoms with Crippen molar-refractivity contribution in [2.75, 3.05) is 0 Å². The molecule has 0 aliphatic carbocycles. The fourth-order valence-corrected chi connectivity index (χ4v) is 2.46. The van der Waals surface area contributed by atoms with Crippen molar-refractivity contribution in [3.8, 4) is 11.1 Å². The largest absolute Gasteiger partial charge is 0.299 e. The van der Waals surface area contributed by atoms with E-state index in [0.717, 1.165) is 42.6 Å². The molecule has 1 aromatic carbocycles. The van der Waals surface area contributed by atoms with E-state index in [2.05, 4.69) is 25.9 Å². The predicted octanol–water partition coefficient (Wildman–Crippen LogP) is 3.84. The van der Waals surface area contributed by atoms with Crippen molar-refractivity contribution in [2.45, 2.75) is 46.6 Å². The molecule has 3 heteroatoms. The van der Waals surface area contributed by atoms with Gasteiger partial charge in [-0.3, -0.25) is 14.6 Å². The molecule has 0 saturated heterocycles. The Morgan fingerprint density at radius 3 is 2.50 bits per heavy atom. The van der Waals surface area contributed by atoms with E-state index < -0.39 is 0 Å². The van der Waals surface area contributed by atoms with Crippen molar-refractivity contribution in [3.63, 3.8) is 0 Å². The topological polar surface area (TPSA) is 37.8 Å². The van der Waals surface area contributed by atoms with Gasteiger partial charge in [0.2, 0.25) is 0 Å². The number of rotatable bonds is 6. The molecular weight excluding hydrogens is 248 g/mol. The van der Waals surface area contributed by atoms with E-state index in [-0.39, 0.29) is 5.56 Å². The molecule has 0 saturated carbocycles. The maximum Gasteiger partial charge on any atom is 0.274 e.